The van der Waals surface area contributed by atoms with Gasteiger partial charge in [-0.05, 0) is 23.3 Å². The molecule has 5 nitrogen and oxygen atoms in total. The van der Waals surface area contributed by atoms with E-state index in [1.54, 1.807) is 17.0 Å². The first-order valence-electron chi connectivity index (χ1n) is 5.45. The molecular formula is C12H14N2O3. The Hall–Kier alpha value is -1.88. The average molecular weight is 234 g/mol. The monoisotopic (exact) mass is 234 g/mol. The van der Waals surface area contributed by atoms with Crippen LogP contribution in [0.5, 0.6) is 0 Å². The zero-order chi connectivity index (χ0) is 12.3. The fraction of sp³-hybridized carbons (Fsp3) is 0.333. The van der Waals surface area contributed by atoms with E-state index >= 15 is 0 Å². The van der Waals surface area contributed by atoms with Crippen LogP contribution in [0.15, 0.2) is 18.2 Å². The molecule has 1 aliphatic heterocycles. The third-order valence-corrected chi connectivity index (χ3v) is 2.76. The van der Waals surface area contributed by atoms with Gasteiger partial charge in [-0.3, -0.25) is 9.59 Å². The van der Waals surface area contributed by atoms with Gasteiger partial charge in [0.1, 0.15) is 0 Å². The van der Waals surface area contributed by atoms with Gasteiger partial charge in [0.15, 0.2) is 0 Å². The number of hydrogen-bond acceptors (Lipinski definition) is 3. The molecule has 0 aliphatic carbocycles. The zero-order valence-electron chi connectivity index (χ0n) is 9.35. The lowest BCUT2D eigenvalue weighted by molar-refractivity contribution is -0.118. The third-order valence-electron chi connectivity index (χ3n) is 2.76. The summed E-state index contributed by atoms with van der Waals surface area (Å²) < 4.78 is 0. The van der Waals surface area contributed by atoms with E-state index in [1.165, 1.54) is 0 Å². The topological polar surface area (TPSA) is 69.6 Å². The van der Waals surface area contributed by atoms with Crippen molar-refractivity contribution < 1.29 is 14.7 Å². The van der Waals surface area contributed by atoms with E-state index in [0.717, 1.165) is 17.5 Å². The number of benzene rings is 1. The van der Waals surface area contributed by atoms with E-state index < -0.39 is 0 Å². The number of nitrogens with zero attached hydrogens (tertiary/aromatic N) is 1. The Balaban J connectivity index is 2.13. The van der Waals surface area contributed by atoms with Crippen LogP contribution in [-0.4, -0.2) is 35.5 Å². The second-order valence-corrected chi connectivity index (χ2v) is 3.97. The van der Waals surface area contributed by atoms with E-state index in [4.69, 9.17) is 5.11 Å². The highest BCUT2D eigenvalue weighted by molar-refractivity contribution is 5.94. The molecule has 90 valence electrons. The number of carbonyl (C=O) groups is 2. The maximum absolute atomic E-state index is 11.6. The molecule has 5 heteroatoms. The van der Waals surface area contributed by atoms with Gasteiger partial charge in [-0.25, -0.2) is 0 Å². The fourth-order valence-electron chi connectivity index (χ4n) is 1.91. The Morgan fingerprint density at radius 2 is 2.18 bits per heavy atom. The summed E-state index contributed by atoms with van der Waals surface area (Å²) in [5.74, 6) is -0.202. The predicted octanol–water partition coefficient (Wildman–Crippen LogP) is -0.119. The SMILES string of the molecule is O=CN1Cc2ccc(C(=O)NCCO)cc2C1. The molecule has 0 aromatic heterocycles. The van der Waals surface area contributed by atoms with Crippen LogP contribution in [0.25, 0.3) is 0 Å². The fourth-order valence-corrected chi connectivity index (χ4v) is 1.91. The third kappa shape index (κ3) is 2.45. The minimum absolute atomic E-state index is 0.0738. The number of aliphatic hydroxyl groups excluding tert-OH is 1. The smallest absolute Gasteiger partial charge is 0.251 e. The molecule has 1 aromatic carbocycles. The molecule has 0 fully saturated rings. The van der Waals surface area contributed by atoms with E-state index in [9.17, 15) is 9.59 Å². The van der Waals surface area contributed by atoms with Gasteiger partial charge in [-0.1, -0.05) is 6.07 Å². The first-order valence-corrected chi connectivity index (χ1v) is 5.45. The van der Waals surface area contributed by atoms with Gasteiger partial charge < -0.3 is 15.3 Å². The van der Waals surface area contributed by atoms with Gasteiger partial charge in [-0.2, -0.15) is 0 Å². The van der Waals surface area contributed by atoms with Gasteiger partial charge in [-0.15, -0.1) is 0 Å². The summed E-state index contributed by atoms with van der Waals surface area (Å²) in [6.07, 6.45) is 0.811. The van der Waals surface area contributed by atoms with Crippen LogP contribution in [0.3, 0.4) is 0 Å². The summed E-state index contributed by atoms with van der Waals surface area (Å²) in [5, 5.41) is 11.2. The van der Waals surface area contributed by atoms with Crippen molar-refractivity contribution in [3.05, 3.63) is 34.9 Å². The highest BCUT2D eigenvalue weighted by Crippen LogP contribution is 2.22. The van der Waals surface area contributed by atoms with Crippen LogP contribution in [0.4, 0.5) is 0 Å². The second-order valence-electron chi connectivity index (χ2n) is 3.97. The lowest BCUT2D eigenvalue weighted by Gasteiger charge is -2.05. The van der Waals surface area contributed by atoms with Gasteiger partial charge in [0, 0.05) is 25.2 Å². The zero-order valence-corrected chi connectivity index (χ0v) is 9.35. The molecule has 0 spiro atoms. The van der Waals surface area contributed by atoms with Gasteiger partial charge in [0.25, 0.3) is 5.91 Å². The Kier molecular flexibility index (Phi) is 3.39. The molecule has 0 unspecified atom stereocenters. The molecule has 1 heterocycles. The number of fused-ring (bicyclic) bond motifs is 1. The van der Waals surface area contributed by atoms with E-state index in [0.29, 0.717) is 18.7 Å². The van der Waals surface area contributed by atoms with Crippen LogP contribution in [0.1, 0.15) is 21.5 Å². The summed E-state index contributed by atoms with van der Waals surface area (Å²) in [4.78, 5) is 24.0. The highest BCUT2D eigenvalue weighted by atomic mass is 16.3. The van der Waals surface area contributed by atoms with Crippen molar-refractivity contribution in [1.82, 2.24) is 10.2 Å². The molecular weight excluding hydrogens is 220 g/mol. The van der Waals surface area contributed by atoms with Crippen molar-refractivity contribution >= 4 is 12.3 Å². The van der Waals surface area contributed by atoms with Gasteiger partial charge >= 0.3 is 0 Å². The molecule has 0 radical (unpaired) electrons. The lowest BCUT2D eigenvalue weighted by atomic mass is 10.1. The van der Waals surface area contributed by atoms with E-state index in [2.05, 4.69) is 5.32 Å². The number of carbonyl (C=O) groups excluding carboxylic acids is 2. The summed E-state index contributed by atoms with van der Waals surface area (Å²) in [6.45, 7) is 1.34. The van der Waals surface area contributed by atoms with Crippen LogP contribution in [0, 0.1) is 0 Å². The molecule has 0 bridgehead atoms. The summed E-state index contributed by atoms with van der Waals surface area (Å²) in [7, 11) is 0. The molecule has 2 rings (SSSR count). The van der Waals surface area contributed by atoms with E-state index in [-0.39, 0.29) is 19.1 Å². The number of aliphatic hydroxyl groups is 1. The molecule has 17 heavy (non-hydrogen) atoms. The van der Waals surface area contributed by atoms with E-state index in [1.807, 2.05) is 6.07 Å². The van der Waals surface area contributed by atoms with Crippen molar-refractivity contribution in [1.29, 1.82) is 0 Å². The molecule has 0 saturated heterocycles. The number of amides is 2. The number of hydrogen-bond donors (Lipinski definition) is 2. The van der Waals surface area contributed by atoms with Crippen molar-refractivity contribution in [3.8, 4) is 0 Å². The van der Waals surface area contributed by atoms with Gasteiger partial charge in [0.05, 0.1) is 6.61 Å². The standard InChI is InChI=1S/C12H14N2O3/c15-4-3-13-12(17)9-1-2-10-6-14(8-16)7-11(10)5-9/h1-2,5,8,15H,3-4,6-7H2,(H,13,17). The first-order chi connectivity index (χ1) is 8.24. The predicted molar refractivity (Wildman–Crippen MR) is 61.2 cm³/mol. The van der Waals surface area contributed by atoms with Crippen molar-refractivity contribution in [2.75, 3.05) is 13.2 Å². The minimum atomic E-state index is -0.202. The normalized spacial score (nSPS) is 13.4. The highest BCUT2D eigenvalue weighted by Gasteiger charge is 2.18. The summed E-state index contributed by atoms with van der Waals surface area (Å²) >= 11 is 0. The number of nitrogens with one attached hydrogen (secondary N) is 1. The average Bonchev–Trinajstić information content (AvgIpc) is 2.77. The Labute approximate surface area is 99.0 Å². The molecule has 2 amide bonds. The Morgan fingerprint density at radius 3 is 2.88 bits per heavy atom. The molecule has 1 aliphatic rings. The van der Waals surface area contributed by atoms with Crippen LogP contribution in [0.2, 0.25) is 0 Å². The largest absolute Gasteiger partial charge is 0.395 e. The quantitative estimate of drug-likeness (QED) is 0.714. The molecule has 2 N–H and O–H groups in total. The minimum Gasteiger partial charge on any atom is -0.395 e. The second kappa shape index (κ2) is 4.97. The van der Waals surface area contributed by atoms with Crippen molar-refractivity contribution in [2.45, 2.75) is 13.1 Å². The van der Waals surface area contributed by atoms with Crippen molar-refractivity contribution in [2.24, 2.45) is 0 Å². The van der Waals surface area contributed by atoms with Gasteiger partial charge in [0.2, 0.25) is 6.41 Å². The molecule has 0 saturated carbocycles. The molecule has 0 atom stereocenters. The maximum atomic E-state index is 11.6. The number of rotatable bonds is 4. The van der Waals surface area contributed by atoms with Crippen LogP contribution >= 0.6 is 0 Å². The molecule has 1 aromatic rings. The Morgan fingerprint density at radius 1 is 1.41 bits per heavy atom. The first kappa shape index (κ1) is 11.6. The van der Waals surface area contributed by atoms with Crippen molar-refractivity contribution in [3.63, 3.8) is 0 Å². The summed E-state index contributed by atoms with van der Waals surface area (Å²) in [5.41, 5.74) is 2.65. The summed E-state index contributed by atoms with van der Waals surface area (Å²) in [6, 6.07) is 5.40. The van der Waals surface area contributed by atoms with Crippen LogP contribution in [-0.2, 0) is 17.9 Å². The van der Waals surface area contributed by atoms with Crippen LogP contribution < -0.4 is 5.32 Å². The lowest BCUT2D eigenvalue weighted by Crippen LogP contribution is -2.26. The maximum Gasteiger partial charge on any atom is 0.251 e. The Bertz CT molecular complexity index is 445.